The number of carbonyl (C=O) groups excluding carboxylic acids is 3. The van der Waals surface area contributed by atoms with E-state index in [0.717, 1.165) is 19.6 Å². The largest absolute Gasteiger partial charge is 0.349 e. The number of benzene rings is 2. The molecule has 1 aliphatic rings. The van der Waals surface area contributed by atoms with E-state index in [9.17, 15) is 18.6 Å². The molecule has 1 saturated heterocycles. The number of nitrogens with zero attached hydrogens (tertiary/aromatic N) is 2. The summed E-state index contributed by atoms with van der Waals surface area (Å²) in [6, 6.07) is 10.8. The number of nitrogens with two attached hydrogens (primary N) is 1. The molecule has 2 heterocycles. The van der Waals surface area contributed by atoms with Crippen LogP contribution >= 0.6 is 11.6 Å². The Labute approximate surface area is 238 Å². The fourth-order valence-corrected chi connectivity index (χ4v) is 5.46. The van der Waals surface area contributed by atoms with Gasteiger partial charge in [-0.25, -0.2) is 9.19 Å². The lowest BCUT2D eigenvalue weighted by atomic mass is 10.1. The fraction of sp³-hybridized carbons (Fsp3) is 0.296. The zero-order valence-electron chi connectivity index (χ0n) is 22.0. The third-order valence-electron chi connectivity index (χ3n) is 6.55. The number of anilines is 2. The monoisotopic (exact) mass is 585 g/mol. The zero-order chi connectivity index (χ0) is 28.7. The molecular formula is C27H32ClN7O4S. The number of piperidine rings is 1. The average Bonchev–Trinajstić information content (AvgIpc) is 3.45. The standard InChI is InChI=1S/C27H32ClN7O4S/c1-2-40(29,39)20-10-11-21(22(28)16-20)25(36)33-18-6-8-19(9-7-18)34-27(38)24-23(31-17-32-24)26(37)30-12-15-35-13-4-3-5-14-35/h2,6-11,16-17H,3-5,12-15H2,1H3,(H2,29,39)(H,30,37)(H,31,32)(H,33,36)(H,34,38). The Morgan fingerprint density at radius 3 is 2.30 bits per heavy atom. The van der Waals surface area contributed by atoms with Crippen LogP contribution in [0, 0.1) is 0 Å². The van der Waals surface area contributed by atoms with Crippen LogP contribution in [0.15, 0.2) is 53.7 Å². The summed E-state index contributed by atoms with van der Waals surface area (Å²) in [5.41, 5.74) is 1.16. The van der Waals surface area contributed by atoms with Crippen LogP contribution in [-0.2, 0) is 9.71 Å². The van der Waals surface area contributed by atoms with Crippen molar-refractivity contribution in [3.8, 4) is 0 Å². The van der Waals surface area contributed by atoms with Gasteiger partial charge in [-0.05, 0) is 80.7 Å². The molecule has 0 bridgehead atoms. The summed E-state index contributed by atoms with van der Waals surface area (Å²) < 4.78 is 12.3. The topological polar surface area (TPSA) is 162 Å². The summed E-state index contributed by atoms with van der Waals surface area (Å²) in [5, 5.41) is 15.5. The quantitative estimate of drug-likeness (QED) is 0.242. The van der Waals surface area contributed by atoms with Crippen LogP contribution in [0.25, 0.3) is 0 Å². The van der Waals surface area contributed by atoms with E-state index < -0.39 is 27.4 Å². The molecule has 6 N–H and O–H groups in total. The number of imidazole rings is 1. The molecule has 3 amide bonds. The van der Waals surface area contributed by atoms with Crippen LogP contribution in [0.2, 0.25) is 5.02 Å². The summed E-state index contributed by atoms with van der Waals surface area (Å²) in [4.78, 5) is 47.6. The van der Waals surface area contributed by atoms with Crippen LogP contribution in [-0.4, -0.2) is 68.3 Å². The first-order valence-electron chi connectivity index (χ1n) is 12.9. The molecule has 40 heavy (non-hydrogen) atoms. The molecule has 212 valence electrons. The van der Waals surface area contributed by atoms with Crippen molar-refractivity contribution in [3.05, 3.63) is 70.8 Å². The summed E-state index contributed by atoms with van der Waals surface area (Å²) in [6.45, 7) is 4.90. The average molecular weight is 586 g/mol. The number of nitrogens with one attached hydrogen (secondary N) is 4. The summed E-state index contributed by atoms with van der Waals surface area (Å²) in [5.74, 6) is -1.41. The van der Waals surface area contributed by atoms with Gasteiger partial charge in [-0.1, -0.05) is 18.0 Å². The summed E-state index contributed by atoms with van der Waals surface area (Å²) in [6.07, 6.45) is 4.89. The van der Waals surface area contributed by atoms with Crippen LogP contribution < -0.4 is 21.1 Å². The molecule has 2 aromatic carbocycles. The first-order chi connectivity index (χ1) is 19.2. The van der Waals surface area contributed by atoms with E-state index in [4.69, 9.17) is 16.7 Å². The van der Waals surface area contributed by atoms with E-state index in [0.29, 0.717) is 22.8 Å². The SMILES string of the molecule is CC=S(N)(=O)c1ccc(C(=O)Nc2ccc(NC(=O)c3nc[nH]c3C(=O)NCCN3CCCCC3)cc2)c(Cl)c1. The van der Waals surface area contributed by atoms with Gasteiger partial charge in [-0.3, -0.25) is 19.5 Å². The Kier molecular flexibility index (Phi) is 9.58. The molecule has 11 nitrogen and oxygen atoms in total. The Balaban J connectivity index is 1.33. The summed E-state index contributed by atoms with van der Waals surface area (Å²) >= 11 is 6.24. The van der Waals surface area contributed by atoms with Gasteiger partial charge in [-0.15, -0.1) is 0 Å². The predicted octanol–water partition coefficient (Wildman–Crippen LogP) is 3.12. The Morgan fingerprint density at radius 1 is 1.02 bits per heavy atom. The van der Waals surface area contributed by atoms with Gasteiger partial charge in [0.05, 0.1) is 26.6 Å². The highest BCUT2D eigenvalue weighted by molar-refractivity contribution is 7.99. The van der Waals surface area contributed by atoms with E-state index in [-0.39, 0.29) is 22.0 Å². The fourth-order valence-electron chi connectivity index (χ4n) is 4.28. The number of carbonyl (C=O) groups is 3. The smallest absolute Gasteiger partial charge is 0.276 e. The predicted molar refractivity (Wildman–Crippen MR) is 157 cm³/mol. The van der Waals surface area contributed by atoms with Crippen molar-refractivity contribution in [1.82, 2.24) is 20.2 Å². The number of rotatable bonds is 9. The zero-order valence-corrected chi connectivity index (χ0v) is 23.6. The second-order valence-corrected chi connectivity index (χ2v) is 11.9. The van der Waals surface area contributed by atoms with Crippen LogP contribution in [0.3, 0.4) is 0 Å². The molecule has 1 fully saturated rings. The lowest BCUT2D eigenvalue weighted by molar-refractivity contribution is 0.0929. The second-order valence-electron chi connectivity index (χ2n) is 9.29. The van der Waals surface area contributed by atoms with Crippen molar-refractivity contribution in [2.24, 2.45) is 5.14 Å². The number of likely N-dealkylation sites (tertiary alicyclic amines) is 1. The van der Waals surface area contributed by atoms with Gasteiger partial charge in [0, 0.05) is 29.4 Å². The molecule has 3 aromatic rings. The minimum atomic E-state index is -2.83. The lowest BCUT2D eigenvalue weighted by Crippen LogP contribution is -2.38. The molecule has 0 spiro atoms. The number of hydrogen-bond donors (Lipinski definition) is 5. The summed E-state index contributed by atoms with van der Waals surface area (Å²) in [7, 11) is -2.83. The van der Waals surface area contributed by atoms with E-state index in [2.05, 4.69) is 30.8 Å². The van der Waals surface area contributed by atoms with Crippen molar-refractivity contribution < 1.29 is 18.6 Å². The third-order valence-corrected chi connectivity index (χ3v) is 8.55. The molecular weight excluding hydrogens is 554 g/mol. The highest BCUT2D eigenvalue weighted by atomic mass is 35.5. The van der Waals surface area contributed by atoms with Crippen LogP contribution in [0.4, 0.5) is 11.4 Å². The Bertz CT molecular complexity index is 1510. The van der Waals surface area contributed by atoms with E-state index in [1.165, 1.54) is 49.2 Å². The number of hydrogen-bond acceptors (Lipinski definition) is 6. The van der Waals surface area contributed by atoms with E-state index >= 15 is 0 Å². The van der Waals surface area contributed by atoms with Crippen LogP contribution in [0.5, 0.6) is 0 Å². The van der Waals surface area contributed by atoms with Crippen molar-refractivity contribution >= 4 is 55.8 Å². The van der Waals surface area contributed by atoms with E-state index in [1.54, 1.807) is 31.2 Å². The number of halogens is 1. The first-order valence-corrected chi connectivity index (χ1v) is 14.9. The van der Waals surface area contributed by atoms with Gasteiger partial charge < -0.3 is 25.8 Å². The van der Waals surface area contributed by atoms with Gasteiger partial charge >= 0.3 is 0 Å². The number of amides is 3. The van der Waals surface area contributed by atoms with Crippen molar-refractivity contribution in [1.29, 1.82) is 0 Å². The molecule has 0 radical (unpaired) electrons. The highest BCUT2D eigenvalue weighted by Gasteiger charge is 2.21. The van der Waals surface area contributed by atoms with Crippen molar-refractivity contribution in [2.75, 3.05) is 36.8 Å². The van der Waals surface area contributed by atoms with Crippen molar-refractivity contribution in [2.45, 2.75) is 31.1 Å². The normalized spacial score (nSPS) is 15.1. The molecule has 1 unspecified atom stereocenters. The van der Waals surface area contributed by atoms with Crippen molar-refractivity contribution in [3.63, 3.8) is 0 Å². The van der Waals surface area contributed by atoms with E-state index in [1.807, 2.05) is 0 Å². The molecule has 0 aliphatic carbocycles. The minimum absolute atomic E-state index is 0.0203. The number of H-pyrrole nitrogens is 1. The maximum atomic E-state index is 12.8. The second kappa shape index (κ2) is 13.1. The molecule has 1 aromatic heterocycles. The Hall–Kier alpha value is -3.71. The first kappa shape index (κ1) is 29.3. The maximum absolute atomic E-state index is 12.8. The maximum Gasteiger partial charge on any atom is 0.276 e. The van der Waals surface area contributed by atoms with Gasteiger partial charge in [0.15, 0.2) is 5.69 Å². The van der Waals surface area contributed by atoms with Gasteiger partial charge in [0.2, 0.25) is 0 Å². The lowest BCUT2D eigenvalue weighted by Gasteiger charge is -2.26. The highest BCUT2D eigenvalue weighted by Crippen LogP contribution is 2.22. The number of aromatic nitrogens is 2. The molecule has 13 heteroatoms. The minimum Gasteiger partial charge on any atom is -0.349 e. The molecule has 4 rings (SSSR count). The number of aromatic amines is 1. The molecule has 1 aliphatic heterocycles. The van der Waals surface area contributed by atoms with Gasteiger partial charge in [0.25, 0.3) is 17.7 Å². The van der Waals surface area contributed by atoms with Crippen LogP contribution in [0.1, 0.15) is 57.5 Å². The van der Waals surface area contributed by atoms with Gasteiger partial charge in [0.1, 0.15) is 5.69 Å². The Morgan fingerprint density at radius 2 is 1.68 bits per heavy atom. The van der Waals surface area contributed by atoms with Gasteiger partial charge in [-0.2, -0.15) is 0 Å². The molecule has 1 atom stereocenters. The molecule has 0 saturated carbocycles. The third kappa shape index (κ3) is 7.27.